The highest BCUT2D eigenvalue weighted by Gasteiger charge is 2.18. The molecule has 0 N–H and O–H groups in total. The van der Waals surface area contributed by atoms with Gasteiger partial charge in [-0.05, 0) is 0 Å². The number of aryl methyl sites for hydroxylation is 1. The molecule has 0 aliphatic carbocycles. The standard InChI is InChI=1S/C20H17N3O2S/c1-2-16-21-17(25-23-16)13-26-20-22-18(14-9-5-3-6-10-14)19(24-20)15-11-7-4-8-12-15/h3-12H,2,13H2,1H3. The van der Waals surface area contributed by atoms with Crippen LogP contribution < -0.4 is 0 Å². The van der Waals surface area contributed by atoms with Gasteiger partial charge in [0.1, 0.15) is 5.69 Å². The Labute approximate surface area is 155 Å². The Morgan fingerprint density at radius 3 is 2.23 bits per heavy atom. The summed E-state index contributed by atoms with van der Waals surface area (Å²) in [6, 6.07) is 20.1. The molecule has 2 aromatic heterocycles. The lowest BCUT2D eigenvalue weighted by Gasteiger charge is -2.00. The third kappa shape index (κ3) is 3.55. The molecule has 0 spiro atoms. The van der Waals surface area contributed by atoms with Crippen LogP contribution in [0.4, 0.5) is 0 Å². The first kappa shape index (κ1) is 16.6. The lowest BCUT2D eigenvalue weighted by atomic mass is 10.1. The van der Waals surface area contributed by atoms with Crippen LogP contribution in [0.3, 0.4) is 0 Å². The number of hydrogen-bond acceptors (Lipinski definition) is 6. The van der Waals surface area contributed by atoms with Crippen LogP contribution in [0.2, 0.25) is 0 Å². The number of hydrogen-bond donors (Lipinski definition) is 0. The second kappa shape index (κ2) is 7.58. The van der Waals surface area contributed by atoms with E-state index in [1.165, 1.54) is 11.8 Å². The normalized spacial score (nSPS) is 11.0. The fraction of sp³-hybridized carbons (Fsp3) is 0.150. The lowest BCUT2D eigenvalue weighted by Crippen LogP contribution is -1.84. The van der Waals surface area contributed by atoms with E-state index in [2.05, 4.69) is 10.1 Å². The van der Waals surface area contributed by atoms with E-state index < -0.39 is 0 Å². The fourth-order valence-corrected chi connectivity index (χ4v) is 3.22. The third-order valence-electron chi connectivity index (χ3n) is 3.84. The zero-order chi connectivity index (χ0) is 17.8. The topological polar surface area (TPSA) is 65.0 Å². The maximum atomic E-state index is 6.07. The van der Waals surface area contributed by atoms with Gasteiger partial charge in [0.15, 0.2) is 11.6 Å². The van der Waals surface area contributed by atoms with E-state index in [1.54, 1.807) is 0 Å². The highest BCUT2D eigenvalue weighted by molar-refractivity contribution is 7.98. The summed E-state index contributed by atoms with van der Waals surface area (Å²) in [4.78, 5) is 9.03. The predicted molar refractivity (Wildman–Crippen MR) is 101 cm³/mol. The van der Waals surface area contributed by atoms with E-state index in [9.17, 15) is 0 Å². The van der Waals surface area contributed by atoms with Crippen molar-refractivity contribution in [1.82, 2.24) is 15.1 Å². The molecule has 0 atom stereocenters. The summed E-state index contributed by atoms with van der Waals surface area (Å²) in [6.45, 7) is 1.99. The van der Waals surface area contributed by atoms with Crippen LogP contribution in [-0.4, -0.2) is 15.1 Å². The van der Waals surface area contributed by atoms with Gasteiger partial charge in [-0.2, -0.15) is 4.98 Å². The van der Waals surface area contributed by atoms with Crippen molar-refractivity contribution < 1.29 is 8.94 Å². The second-order valence-electron chi connectivity index (χ2n) is 5.64. The molecule has 0 saturated carbocycles. The largest absolute Gasteiger partial charge is 0.431 e. The van der Waals surface area contributed by atoms with Crippen molar-refractivity contribution in [3.63, 3.8) is 0 Å². The van der Waals surface area contributed by atoms with Crippen molar-refractivity contribution in [1.29, 1.82) is 0 Å². The van der Waals surface area contributed by atoms with E-state index in [0.717, 1.165) is 29.0 Å². The molecular weight excluding hydrogens is 346 g/mol. The van der Waals surface area contributed by atoms with Gasteiger partial charge in [-0.1, -0.05) is 84.5 Å². The molecule has 0 fully saturated rings. The third-order valence-corrected chi connectivity index (χ3v) is 4.65. The van der Waals surface area contributed by atoms with Gasteiger partial charge in [0.25, 0.3) is 5.22 Å². The van der Waals surface area contributed by atoms with Crippen molar-refractivity contribution in [2.75, 3.05) is 0 Å². The second-order valence-corrected chi connectivity index (χ2v) is 6.56. The van der Waals surface area contributed by atoms with E-state index in [4.69, 9.17) is 13.9 Å². The Morgan fingerprint density at radius 2 is 1.58 bits per heavy atom. The average molecular weight is 363 g/mol. The zero-order valence-corrected chi connectivity index (χ0v) is 15.1. The number of rotatable bonds is 6. The van der Waals surface area contributed by atoms with E-state index in [1.807, 2.05) is 67.6 Å². The molecule has 0 aliphatic rings. The number of oxazole rings is 1. The summed E-state index contributed by atoms with van der Waals surface area (Å²) in [6.07, 6.45) is 0.753. The van der Waals surface area contributed by atoms with Gasteiger partial charge in [-0.3, -0.25) is 0 Å². The molecule has 0 aliphatic heterocycles. The minimum atomic E-state index is 0.524. The van der Waals surface area contributed by atoms with Crippen molar-refractivity contribution >= 4 is 11.8 Å². The zero-order valence-electron chi connectivity index (χ0n) is 14.3. The molecule has 6 heteroatoms. The molecule has 2 aromatic carbocycles. The number of nitrogens with zero attached hydrogens (tertiary/aromatic N) is 3. The fourth-order valence-electron chi connectivity index (χ4n) is 2.55. The van der Waals surface area contributed by atoms with Gasteiger partial charge in [-0.15, -0.1) is 0 Å². The van der Waals surface area contributed by atoms with Crippen LogP contribution in [0.5, 0.6) is 0 Å². The number of thioether (sulfide) groups is 1. The number of benzene rings is 2. The van der Waals surface area contributed by atoms with E-state index in [-0.39, 0.29) is 0 Å². The predicted octanol–water partition coefficient (Wildman–Crippen LogP) is 5.25. The van der Waals surface area contributed by atoms with Crippen LogP contribution in [0.1, 0.15) is 18.6 Å². The molecule has 0 saturated heterocycles. The first-order chi connectivity index (χ1) is 12.8. The molecule has 0 unspecified atom stereocenters. The summed E-state index contributed by atoms with van der Waals surface area (Å²) in [5.41, 5.74) is 2.85. The molecule has 130 valence electrons. The van der Waals surface area contributed by atoms with Crippen LogP contribution in [-0.2, 0) is 12.2 Å². The Kier molecular flexibility index (Phi) is 4.84. The quantitative estimate of drug-likeness (QED) is 0.436. The maximum Gasteiger partial charge on any atom is 0.257 e. The SMILES string of the molecule is CCc1noc(CSc2nc(-c3ccccc3)c(-c3ccccc3)o2)n1. The van der Waals surface area contributed by atoms with Gasteiger partial charge in [0, 0.05) is 17.5 Å². The minimum absolute atomic E-state index is 0.524. The monoisotopic (exact) mass is 363 g/mol. The van der Waals surface area contributed by atoms with Crippen molar-refractivity contribution in [2.45, 2.75) is 24.3 Å². The van der Waals surface area contributed by atoms with Crippen molar-refractivity contribution in [3.8, 4) is 22.6 Å². The Morgan fingerprint density at radius 1 is 0.885 bits per heavy atom. The van der Waals surface area contributed by atoms with Gasteiger partial charge in [0.2, 0.25) is 5.89 Å². The van der Waals surface area contributed by atoms with Gasteiger partial charge < -0.3 is 8.94 Å². The van der Waals surface area contributed by atoms with Gasteiger partial charge in [-0.25, -0.2) is 4.98 Å². The molecule has 0 radical (unpaired) electrons. The molecule has 4 aromatic rings. The van der Waals surface area contributed by atoms with Crippen molar-refractivity contribution in [2.24, 2.45) is 0 Å². The lowest BCUT2D eigenvalue weighted by molar-refractivity contribution is 0.384. The first-order valence-electron chi connectivity index (χ1n) is 8.39. The molecule has 26 heavy (non-hydrogen) atoms. The van der Waals surface area contributed by atoms with E-state index in [0.29, 0.717) is 22.7 Å². The Bertz CT molecular complexity index is 924. The summed E-state index contributed by atoms with van der Waals surface area (Å²) in [7, 11) is 0. The summed E-state index contributed by atoms with van der Waals surface area (Å²) < 4.78 is 11.3. The maximum absolute atomic E-state index is 6.07. The molecule has 0 bridgehead atoms. The number of aromatic nitrogens is 3. The van der Waals surface area contributed by atoms with Crippen LogP contribution in [0, 0.1) is 0 Å². The molecular formula is C20H17N3O2S. The summed E-state index contributed by atoms with van der Waals surface area (Å²) in [5, 5.41) is 4.50. The summed E-state index contributed by atoms with van der Waals surface area (Å²) >= 11 is 1.45. The van der Waals surface area contributed by atoms with Crippen LogP contribution in [0.15, 0.2) is 74.8 Å². The highest BCUT2D eigenvalue weighted by Crippen LogP contribution is 2.36. The average Bonchev–Trinajstić information content (AvgIpc) is 3.35. The Balaban J connectivity index is 1.65. The first-order valence-corrected chi connectivity index (χ1v) is 9.38. The molecule has 2 heterocycles. The molecule has 5 nitrogen and oxygen atoms in total. The Hall–Kier alpha value is -2.86. The highest BCUT2D eigenvalue weighted by atomic mass is 32.2. The summed E-state index contributed by atoms with van der Waals surface area (Å²) in [5.74, 6) is 2.57. The smallest absolute Gasteiger partial charge is 0.257 e. The minimum Gasteiger partial charge on any atom is -0.431 e. The van der Waals surface area contributed by atoms with Gasteiger partial charge in [0.05, 0.1) is 5.75 Å². The van der Waals surface area contributed by atoms with Crippen LogP contribution in [0.25, 0.3) is 22.6 Å². The van der Waals surface area contributed by atoms with Crippen LogP contribution >= 0.6 is 11.8 Å². The van der Waals surface area contributed by atoms with Gasteiger partial charge >= 0.3 is 0 Å². The molecule has 0 amide bonds. The molecule has 4 rings (SSSR count). The van der Waals surface area contributed by atoms with Crippen molar-refractivity contribution in [3.05, 3.63) is 72.4 Å². The van der Waals surface area contributed by atoms with E-state index >= 15 is 0 Å².